The zero-order valence-corrected chi connectivity index (χ0v) is 15.4. The van der Waals surface area contributed by atoms with Crippen LogP contribution in [0.2, 0.25) is 0 Å². The Morgan fingerprint density at radius 3 is 2.19 bits per heavy atom. The van der Waals surface area contributed by atoms with E-state index in [1.807, 2.05) is 0 Å². The summed E-state index contributed by atoms with van der Waals surface area (Å²) in [5.74, 6) is 0.267. The van der Waals surface area contributed by atoms with Crippen LogP contribution in [-0.4, -0.2) is 44.0 Å². The quantitative estimate of drug-likeness (QED) is 0.616. The van der Waals surface area contributed by atoms with Crippen LogP contribution in [0.25, 0.3) is 6.08 Å². The number of hydrogen-bond donors (Lipinski definition) is 3. The van der Waals surface area contributed by atoms with E-state index in [1.54, 1.807) is 49.6 Å². The van der Waals surface area contributed by atoms with Crippen LogP contribution < -0.4 is 14.8 Å². The zero-order chi connectivity index (χ0) is 19.8. The molecule has 0 heterocycles. The third-order valence-corrected chi connectivity index (χ3v) is 3.94. The van der Waals surface area contributed by atoms with Crippen molar-refractivity contribution in [2.24, 2.45) is 0 Å². The van der Waals surface area contributed by atoms with Crippen molar-refractivity contribution in [2.45, 2.75) is 6.10 Å². The molecule has 27 heavy (non-hydrogen) atoms. The summed E-state index contributed by atoms with van der Waals surface area (Å²) >= 11 is 0. The maximum atomic E-state index is 12.1. The minimum absolute atomic E-state index is 0.0987. The van der Waals surface area contributed by atoms with E-state index in [0.29, 0.717) is 5.56 Å². The van der Waals surface area contributed by atoms with E-state index in [1.165, 1.54) is 20.3 Å². The molecule has 7 heteroatoms. The molecule has 2 aromatic carbocycles. The summed E-state index contributed by atoms with van der Waals surface area (Å²) in [4.78, 5) is 12.1. The minimum atomic E-state index is -0.336. The molecule has 0 unspecified atom stereocenters. The van der Waals surface area contributed by atoms with Gasteiger partial charge in [-0.05, 0) is 41.5 Å². The van der Waals surface area contributed by atoms with Crippen LogP contribution in [0.3, 0.4) is 0 Å². The first-order valence-electron chi connectivity index (χ1n) is 8.21. The normalized spacial score (nSPS) is 12.0. The lowest BCUT2D eigenvalue weighted by molar-refractivity contribution is -0.117. The van der Waals surface area contributed by atoms with Crippen molar-refractivity contribution in [3.8, 4) is 23.0 Å². The lowest BCUT2D eigenvalue weighted by Crippen LogP contribution is -2.27. The SMILES string of the molecule is COc1cc(/C=C/C(=O)NC[C@H](OC)c2ccc(O)cc2)cc(OC)c1O. The summed E-state index contributed by atoms with van der Waals surface area (Å²) in [6, 6.07) is 9.79. The predicted octanol–water partition coefficient (Wildman–Crippen LogP) is 2.63. The minimum Gasteiger partial charge on any atom is -0.508 e. The molecule has 0 aliphatic carbocycles. The van der Waals surface area contributed by atoms with Crippen LogP contribution in [0.15, 0.2) is 42.5 Å². The molecule has 7 nitrogen and oxygen atoms in total. The fourth-order valence-corrected chi connectivity index (χ4v) is 2.46. The molecule has 1 amide bonds. The van der Waals surface area contributed by atoms with E-state index in [9.17, 15) is 15.0 Å². The number of phenols is 2. The number of rotatable bonds is 8. The van der Waals surface area contributed by atoms with Crippen LogP contribution in [0.5, 0.6) is 23.0 Å². The number of methoxy groups -OCH3 is 3. The third-order valence-electron chi connectivity index (χ3n) is 3.94. The first-order valence-corrected chi connectivity index (χ1v) is 8.21. The first-order chi connectivity index (χ1) is 13.0. The molecule has 1 atom stereocenters. The van der Waals surface area contributed by atoms with E-state index < -0.39 is 0 Å². The molecule has 2 rings (SSSR count). The van der Waals surface area contributed by atoms with Gasteiger partial charge in [-0.1, -0.05) is 12.1 Å². The highest BCUT2D eigenvalue weighted by Gasteiger charge is 2.12. The van der Waals surface area contributed by atoms with Crippen molar-refractivity contribution >= 4 is 12.0 Å². The molecule has 0 aliphatic heterocycles. The Bertz CT molecular complexity index is 776. The summed E-state index contributed by atoms with van der Waals surface area (Å²) in [5.41, 5.74) is 1.48. The maximum absolute atomic E-state index is 12.1. The summed E-state index contributed by atoms with van der Waals surface area (Å²) in [5, 5.41) is 22.0. The van der Waals surface area contributed by atoms with Gasteiger partial charge in [-0.25, -0.2) is 0 Å². The number of carbonyl (C=O) groups excluding carboxylic acids is 1. The largest absolute Gasteiger partial charge is 0.508 e. The summed E-state index contributed by atoms with van der Waals surface area (Å²) in [6.45, 7) is 0.271. The molecular formula is C20H23NO6. The van der Waals surface area contributed by atoms with Gasteiger partial charge < -0.3 is 29.7 Å². The summed E-state index contributed by atoms with van der Waals surface area (Å²) < 4.78 is 15.6. The number of nitrogens with one attached hydrogen (secondary N) is 1. The number of carbonyl (C=O) groups is 1. The Balaban J connectivity index is 2.01. The average Bonchev–Trinajstić information content (AvgIpc) is 2.68. The van der Waals surface area contributed by atoms with Crippen molar-refractivity contribution in [3.05, 3.63) is 53.6 Å². The number of hydrogen-bond acceptors (Lipinski definition) is 6. The fourth-order valence-electron chi connectivity index (χ4n) is 2.46. The van der Waals surface area contributed by atoms with E-state index in [-0.39, 0.29) is 41.6 Å². The van der Waals surface area contributed by atoms with Crippen molar-refractivity contribution < 1.29 is 29.2 Å². The molecule has 0 aliphatic rings. The maximum Gasteiger partial charge on any atom is 0.244 e. The molecule has 0 saturated heterocycles. The van der Waals surface area contributed by atoms with Crippen LogP contribution in [0.1, 0.15) is 17.2 Å². The number of phenolic OH excluding ortho intramolecular Hbond substituents is 2. The van der Waals surface area contributed by atoms with Crippen molar-refractivity contribution in [1.82, 2.24) is 5.32 Å². The summed E-state index contributed by atoms with van der Waals surface area (Å²) in [7, 11) is 4.42. The lowest BCUT2D eigenvalue weighted by atomic mass is 10.1. The molecular weight excluding hydrogens is 350 g/mol. The number of amides is 1. The smallest absolute Gasteiger partial charge is 0.244 e. The monoisotopic (exact) mass is 373 g/mol. The first kappa shape index (κ1) is 20.1. The number of ether oxygens (including phenoxy) is 3. The van der Waals surface area contributed by atoms with E-state index in [0.717, 1.165) is 5.56 Å². The molecule has 0 fully saturated rings. The second-order valence-electron chi connectivity index (χ2n) is 5.67. The molecule has 0 spiro atoms. The van der Waals surface area contributed by atoms with Crippen LogP contribution in [-0.2, 0) is 9.53 Å². The standard InChI is InChI=1S/C20H23NO6/c1-25-16-10-13(11-17(26-2)20(16)24)4-9-19(23)21-12-18(27-3)14-5-7-15(22)8-6-14/h4-11,18,22,24H,12H2,1-3H3,(H,21,23)/b9-4+/t18-/m0/s1. The van der Waals surface area contributed by atoms with Crippen LogP contribution in [0, 0.1) is 0 Å². The fraction of sp³-hybridized carbons (Fsp3) is 0.250. The molecule has 0 radical (unpaired) electrons. The second kappa shape index (κ2) is 9.49. The Hall–Kier alpha value is -3.19. The lowest BCUT2D eigenvalue weighted by Gasteiger charge is -2.16. The van der Waals surface area contributed by atoms with Crippen molar-refractivity contribution in [3.63, 3.8) is 0 Å². The van der Waals surface area contributed by atoms with Gasteiger partial charge in [0.15, 0.2) is 11.5 Å². The average molecular weight is 373 g/mol. The van der Waals surface area contributed by atoms with E-state index in [2.05, 4.69) is 5.32 Å². The third kappa shape index (κ3) is 5.39. The zero-order valence-electron chi connectivity index (χ0n) is 15.4. The highest BCUT2D eigenvalue weighted by molar-refractivity contribution is 5.91. The highest BCUT2D eigenvalue weighted by Crippen LogP contribution is 2.37. The van der Waals surface area contributed by atoms with E-state index >= 15 is 0 Å². The predicted molar refractivity (Wildman–Crippen MR) is 101 cm³/mol. The van der Waals surface area contributed by atoms with Gasteiger partial charge in [0.1, 0.15) is 5.75 Å². The molecule has 0 bridgehead atoms. The second-order valence-corrected chi connectivity index (χ2v) is 5.67. The highest BCUT2D eigenvalue weighted by atomic mass is 16.5. The molecule has 144 valence electrons. The Morgan fingerprint density at radius 2 is 1.67 bits per heavy atom. The van der Waals surface area contributed by atoms with Gasteiger partial charge >= 0.3 is 0 Å². The number of aromatic hydroxyl groups is 2. The number of benzene rings is 2. The van der Waals surface area contributed by atoms with Gasteiger partial charge in [0.2, 0.25) is 11.7 Å². The van der Waals surface area contributed by atoms with Gasteiger partial charge in [0, 0.05) is 19.7 Å². The van der Waals surface area contributed by atoms with Crippen LogP contribution >= 0.6 is 0 Å². The van der Waals surface area contributed by atoms with Gasteiger partial charge in [-0.15, -0.1) is 0 Å². The Morgan fingerprint density at radius 1 is 1.07 bits per heavy atom. The van der Waals surface area contributed by atoms with Gasteiger partial charge in [0.25, 0.3) is 0 Å². The topological polar surface area (TPSA) is 97.3 Å². The van der Waals surface area contributed by atoms with Crippen molar-refractivity contribution in [1.29, 1.82) is 0 Å². The van der Waals surface area contributed by atoms with E-state index in [4.69, 9.17) is 14.2 Å². The van der Waals surface area contributed by atoms with Crippen LogP contribution in [0.4, 0.5) is 0 Å². The summed E-state index contributed by atoms with van der Waals surface area (Å²) in [6.07, 6.45) is 2.62. The van der Waals surface area contributed by atoms with Gasteiger partial charge in [-0.2, -0.15) is 0 Å². The molecule has 0 saturated carbocycles. The molecule has 3 N–H and O–H groups in total. The Labute approximate surface area is 157 Å². The molecule has 2 aromatic rings. The van der Waals surface area contributed by atoms with Gasteiger partial charge in [-0.3, -0.25) is 4.79 Å². The van der Waals surface area contributed by atoms with Gasteiger partial charge in [0.05, 0.1) is 20.3 Å². The van der Waals surface area contributed by atoms with Crippen molar-refractivity contribution in [2.75, 3.05) is 27.9 Å². The molecule has 0 aromatic heterocycles. The Kier molecular flexibility index (Phi) is 7.08.